The lowest BCUT2D eigenvalue weighted by Crippen LogP contribution is -2.37. The lowest BCUT2D eigenvalue weighted by molar-refractivity contribution is -0.120. The highest BCUT2D eigenvalue weighted by Gasteiger charge is 2.09. The first-order chi connectivity index (χ1) is 8.54. The van der Waals surface area contributed by atoms with Crippen LogP contribution in [0.1, 0.15) is 23.7 Å². The van der Waals surface area contributed by atoms with Crippen molar-refractivity contribution in [2.24, 2.45) is 0 Å². The molecule has 0 aliphatic heterocycles. The van der Waals surface area contributed by atoms with Crippen LogP contribution in [0.5, 0.6) is 0 Å². The fraction of sp³-hybridized carbons (Fsp3) is 0.364. The Kier molecular flexibility index (Phi) is 5.38. The first kappa shape index (κ1) is 14.2. The Morgan fingerprint density at radius 1 is 1.44 bits per heavy atom. The Bertz CT molecular complexity index is 451. The van der Waals surface area contributed by atoms with Crippen molar-refractivity contribution in [3.05, 3.63) is 22.8 Å². The average Bonchev–Trinajstić information content (AvgIpc) is 2.36. The lowest BCUT2D eigenvalue weighted by atomic mass is 10.2. The minimum Gasteiger partial charge on any atom is -0.382 e. The van der Waals surface area contributed by atoms with Crippen molar-refractivity contribution in [1.29, 1.82) is 0 Å². The van der Waals surface area contributed by atoms with Gasteiger partial charge in [-0.1, -0.05) is 18.5 Å². The van der Waals surface area contributed by atoms with Gasteiger partial charge in [-0.25, -0.2) is 4.98 Å². The Balaban J connectivity index is 2.50. The summed E-state index contributed by atoms with van der Waals surface area (Å²) in [7, 11) is 0. The summed E-state index contributed by atoms with van der Waals surface area (Å²) < 4.78 is 0. The van der Waals surface area contributed by atoms with Crippen molar-refractivity contribution >= 4 is 29.2 Å². The number of nitrogens with one attached hydrogen (secondary N) is 2. The number of anilines is 1. The highest BCUT2D eigenvalue weighted by atomic mass is 35.5. The minimum atomic E-state index is -0.420. The molecule has 0 bridgehead atoms. The number of pyridine rings is 1. The molecule has 2 amide bonds. The van der Waals surface area contributed by atoms with Gasteiger partial charge in [0.05, 0.1) is 17.1 Å². The van der Waals surface area contributed by atoms with Crippen molar-refractivity contribution in [3.63, 3.8) is 0 Å². The minimum absolute atomic E-state index is 0.0825. The summed E-state index contributed by atoms with van der Waals surface area (Å²) in [6.07, 6.45) is 2.15. The topological polar surface area (TPSA) is 97.1 Å². The highest BCUT2D eigenvalue weighted by Crippen LogP contribution is 2.16. The van der Waals surface area contributed by atoms with Crippen LogP contribution in [0.25, 0.3) is 0 Å². The van der Waals surface area contributed by atoms with Gasteiger partial charge in [-0.15, -0.1) is 0 Å². The van der Waals surface area contributed by atoms with Gasteiger partial charge in [0.25, 0.3) is 5.91 Å². The fourth-order valence-corrected chi connectivity index (χ4v) is 1.33. The zero-order valence-electron chi connectivity index (χ0n) is 10.00. The number of hydrogen-bond acceptors (Lipinski definition) is 4. The van der Waals surface area contributed by atoms with Gasteiger partial charge < -0.3 is 16.4 Å². The number of nitrogen functional groups attached to an aromatic ring is 1. The van der Waals surface area contributed by atoms with E-state index in [0.717, 1.165) is 6.42 Å². The molecule has 0 saturated carbocycles. The van der Waals surface area contributed by atoms with Crippen molar-refractivity contribution in [1.82, 2.24) is 15.6 Å². The van der Waals surface area contributed by atoms with E-state index in [1.54, 1.807) is 0 Å². The van der Waals surface area contributed by atoms with Crippen LogP contribution in [-0.2, 0) is 4.79 Å². The molecule has 1 rings (SSSR count). The molecule has 4 N–H and O–H groups in total. The zero-order chi connectivity index (χ0) is 13.5. The van der Waals surface area contributed by atoms with E-state index in [1.807, 2.05) is 6.92 Å². The van der Waals surface area contributed by atoms with Gasteiger partial charge in [-0.2, -0.15) is 0 Å². The van der Waals surface area contributed by atoms with E-state index in [4.69, 9.17) is 17.3 Å². The summed E-state index contributed by atoms with van der Waals surface area (Å²) >= 11 is 5.74. The van der Waals surface area contributed by atoms with Crippen LogP contribution in [0.3, 0.4) is 0 Å². The molecule has 0 radical (unpaired) electrons. The normalized spacial score (nSPS) is 9.89. The number of nitrogens with two attached hydrogens (primary N) is 1. The molecule has 0 aliphatic carbocycles. The van der Waals surface area contributed by atoms with Crippen molar-refractivity contribution < 1.29 is 9.59 Å². The van der Waals surface area contributed by atoms with Crippen LogP contribution in [0, 0.1) is 0 Å². The zero-order valence-corrected chi connectivity index (χ0v) is 10.8. The summed E-state index contributed by atoms with van der Waals surface area (Å²) in [5, 5.41) is 5.31. The first-order valence-electron chi connectivity index (χ1n) is 5.50. The van der Waals surface area contributed by atoms with E-state index in [2.05, 4.69) is 15.6 Å². The number of aromatic nitrogens is 1. The van der Waals surface area contributed by atoms with Crippen LogP contribution in [0.2, 0.25) is 5.02 Å². The van der Waals surface area contributed by atoms with Crippen LogP contribution >= 0.6 is 11.6 Å². The van der Waals surface area contributed by atoms with Gasteiger partial charge in [0, 0.05) is 12.7 Å². The molecule has 0 atom stereocenters. The monoisotopic (exact) mass is 270 g/mol. The van der Waals surface area contributed by atoms with Gasteiger partial charge in [-0.05, 0) is 12.5 Å². The molecule has 0 saturated heterocycles. The maximum absolute atomic E-state index is 11.7. The van der Waals surface area contributed by atoms with Gasteiger partial charge in [0.15, 0.2) is 0 Å². The van der Waals surface area contributed by atoms with Gasteiger partial charge in [0.2, 0.25) is 5.91 Å². The molecular weight excluding hydrogens is 256 g/mol. The molecule has 0 aliphatic rings. The maximum atomic E-state index is 11.7. The Morgan fingerprint density at radius 2 is 2.17 bits per heavy atom. The predicted molar refractivity (Wildman–Crippen MR) is 69.3 cm³/mol. The number of rotatable bonds is 5. The first-order valence-corrected chi connectivity index (χ1v) is 5.88. The second kappa shape index (κ2) is 6.80. The van der Waals surface area contributed by atoms with Crippen LogP contribution in [0.4, 0.5) is 5.82 Å². The number of carbonyl (C=O) groups excluding carboxylic acids is 2. The van der Waals surface area contributed by atoms with Crippen molar-refractivity contribution in [2.45, 2.75) is 13.3 Å². The van der Waals surface area contributed by atoms with Gasteiger partial charge in [0.1, 0.15) is 5.82 Å². The molecular formula is C11H15ClN4O2. The summed E-state index contributed by atoms with van der Waals surface area (Å²) in [5.41, 5.74) is 5.69. The van der Waals surface area contributed by atoms with Crippen LogP contribution in [0.15, 0.2) is 12.3 Å². The standard InChI is InChI=1S/C11H15ClN4O2/c1-2-3-14-9(17)6-16-11(18)7-4-8(12)10(13)15-5-7/h4-5H,2-3,6H2,1H3,(H2,13,15)(H,14,17)(H,16,18). The van der Waals surface area contributed by atoms with Crippen molar-refractivity contribution in [2.75, 3.05) is 18.8 Å². The SMILES string of the molecule is CCCNC(=O)CNC(=O)c1cnc(N)c(Cl)c1. The summed E-state index contributed by atoms with van der Waals surface area (Å²) in [5.74, 6) is -0.496. The number of carbonyl (C=O) groups is 2. The Hall–Kier alpha value is -1.82. The average molecular weight is 271 g/mol. The fourth-order valence-electron chi connectivity index (χ4n) is 1.16. The molecule has 1 aromatic heterocycles. The molecule has 1 aromatic rings. The van der Waals surface area contributed by atoms with E-state index in [0.29, 0.717) is 6.54 Å². The summed E-state index contributed by atoms with van der Waals surface area (Å²) in [6, 6.07) is 1.41. The Labute approximate surface area is 110 Å². The van der Waals surface area contributed by atoms with Crippen LogP contribution < -0.4 is 16.4 Å². The van der Waals surface area contributed by atoms with E-state index in [-0.39, 0.29) is 28.9 Å². The van der Waals surface area contributed by atoms with Crippen LogP contribution in [-0.4, -0.2) is 29.9 Å². The van der Waals surface area contributed by atoms with Gasteiger partial charge >= 0.3 is 0 Å². The third-order valence-electron chi connectivity index (χ3n) is 2.11. The Morgan fingerprint density at radius 3 is 2.78 bits per heavy atom. The molecule has 18 heavy (non-hydrogen) atoms. The predicted octanol–water partition coefficient (Wildman–Crippen LogP) is 0.573. The quantitative estimate of drug-likeness (QED) is 0.729. The van der Waals surface area contributed by atoms with E-state index in [9.17, 15) is 9.59 Å². The number of hydrogen-bond donors (Lipinski definition) is 3. The molecule has 0 spiro atoms. The second-order valence-electron chi connectivity index (χ2n) is 3.62. The largest absolute Gasteiger partial charge is 0.382 e. The van der Waals surface area contributed by atoms with Gasteiger partial charge in [-0.3, -0.25) is 9.59 Å². The molecule has 1 heterocycles. The molecule has 0 unspecified atom stereocenters. The highest BCUT2D eigenvalue weighted by molar-refractivity contribution is 6.33. The smallest absolute Gasteiger partial charge is 0.253 e. The van der Waals surface area contributed by atoms with E-state index < -0.39 is 5.91 Å². The van der Waals surface area contributed by atoms with E-state index in [1.165, 1.54) is 12.3 Å². The number of nitrogens with zero attached hydrogens (tertiary/aromatic N) is 1. The lowest BCUT2D eigenvalue weighted by Gasteiger charge is -2.06. The third-order valence-corrected chi connectivity index (χ3v) is 2.42. The molecule has 7 heteroatoms. The molecule has 6 nitrogen and oxygen atoms in total. The summed E-state index contributed by atoms with van der Waals surface area (Å²) in [4.78, 5) is 26.7. The molecule has 98 valence electrons. The van der Waals surface area contributed by atoms with Crippen molar-refractivity contribution in [3.8, 4) is 0 Å². The number of amides is 2. The maximum Gasteiger partial charge on any atom is 0.253 e. The van der Waals surface area contributed by atoms with E-state index >= 15 is 0 Å². The summed E-state index contributed by atoms with van der Waals surface area (Å²) in [6.45, 7) is 2.45. The molecule has 0 fully saturated rings. The molecule has 0 aromatic carbocycles. The third kappa shape index (κ3) is 4.21. The second-order valence-corrected chi connectivity index (χ2v) is 4.03. The number of halogens is 1.